The lowest BCUT2D eigenvalue weighted by Gasteiger charge is -2.18. The van der Waals surface area contributed by atoms with Crippen LogP contribution in [0.25, 0.3) is 0 Å². The van der Waals surface area contributed by atoms with Crippen LogP contribution in [0.4, 0.5) is 4.39 Å². The normalized spacial score (nSPS) is 12.6. The van der Waals surface area contributed by atoms with Crippen molar-refractivity contribution in [3.63, 3.8) is 0 Å². The zero-order chi connectivity index (χ0) is 15.5. The minimum atomic E-state index is -0.189. The maximum Gasteiger partial charge on any atom is 0.124 e. The predicted molar refractivity (Wildman–Crippen MR) is 96.4 cm³/mol. The lowest BCUT2D eigenvalue weighted by atomic mass is 10.00. The molecule has 0 bridgehead atoms. The molecule has 0 radical (unpaired) electrons. The van der Waals surface area contributed by atoms with Crippen molar-refractivity contribution in [2.75, 3.05) is 0 Å². The molecule has 21 heavy (non-hydrogen) atoms. The summed E-state index contributed by atoms with van der Waals surface area (Å²) in [6, 6.07) is 5.04. The van der Waals surface area contributed by atoms with Crippen molar-refractivity contribution in [2.24, 2.45) is 5.84 Å². The molecule has 0 saturated heterocycles. The second-order valence-electron chi connectivity index (χ2n) is 5.65. The first kappa shape index (κ1) is 18.8. The highest BCUT2D eigenvalue weighted by Crippen LogP contribution is 2.25. The van der Waals surface area contributed by atoms with Crippen molar-refractivity contribution in [1.82, 2.24) is 5.43 Å². The Labute approximate surface area is 142 Å². The third-order valence-corrected chi connectivity index (χ3v) is 4.82. The van der Waals surface area contributed by atoms with Gasteiger partial charge in [0.1, 0.15) is 5.82 Å². The fourth-order valence-corrected chi connectivity index (χ4v) is 3.45. The molecular formula is C17H28FIN2. The van der Waals surface area contributed by atoms with Gasteiger partial charge in [-0.2, -0.15) is 0 Å². The molecule has 120 valence electrons. The van der Waals surface area contributed by atoms with Gasteiger partial charge in [-0.05, 0) is 46.7 Å². The molecule has 0 aliphatic rings. The smallest absolute Gasteiger partial charge is 0.124 e. The standard InChI is InChI=1S/C17H28FIN2/c1-2-3-4-5-6-7-8-9-10-17(21-20)15-12-11-14(18)13-16(15)19/h11-13,17,21H,2-10,20H2,1H3. The molecule has 1 unspecified atom stereocenters. The summed E-state index contributed by atoms with van der Waals surface area (Å²) in [6.07, 6.45) is 11.5. The SMILES string of the molecule is CCCCCCCCCCC(NN)c1ccc(F)cc1I. The molecule has 2 nitrogen and oxygen atoms in total. The molecule has 1 aromatic rings. The topological polar surface area (TPSA) is 38.0 Å². The molecule has 0 fully saturated rings. The third-order valence-electron chi connectivity index (χ3n) is 3.89. The van der Waals surface area contributed by atoms with Crippen molar-refractivity contribution in [2.45, 2.75) is 70.8 Å². The van der Waals surface area contributed by atoms with Crippen molar-refractivity contribution >= 4 is 22.6 Å². The predicted octanol–water partition coefficient (Wildman–Crippen LogP) is 5.47. The fraction of sp³-hybridized carbons (Fsp3) is 0.647. The van der Waals surface area contributed by atoms with Gasteiger partial charge in [0.2, 0.25) is 0 Å². The first-order chi connectivity index (χ1) is 10.2. The van der Waals surface area contributed by atoms with Gasteiger partial charge >= 0.3 is 0 Å². The lowest BCUT2D eigenvalue weighted by Crippen LogP contribution is -2.28. The van der Waals surface area contributed by atoms with Crippen LogP contribution in [-0.2, 0) is 0 Å². The highest BCUT2D eigenvalue weighted by atomic mass is 127. The first-order valence-corrected chi connectivity index (χ1v) is 9.18. The minimum Gasteiger partial charge on any atom is -0.271 e. The van der Waals surface area contributed by atoms with Gasteiger partial charge in [0.25, 0.3) is 0 Å². The number of nitrogens with one attached hydrogen (secondary N) is 1. The summed E-state index contributed by atoms with van der Waals surface area (Å²) in [7, 11) is 0. The van der Waals surface area contributed by atoms with Crippen molar-refractivity contribution in [3.05, 3.63) is 33.1 Å². The largest absolute Gasteiger partial charge is 0.271 e. The van der Waals surface area contributed by atoms with Crippen LogP contribution >= 0.6 is 22.6 Å². The average Bonchev–Trinajstić information content (AvgIpc) is 2.47. The Morgan fingerprint density at radius 1 is 1.10 bits per heavy atom. The quantitative estimate of drug-likeness (QED) is 0.222. The maximum atomic E-state index is 13.1. The number of hydrogen-bond donors (Lipinski definition) is 2. The van der Waals surface area contributed by atoms with Crippen molar-refractivity contribution in [1.29, 1.82) is 0 Å². The molecule has 0 saturated carbocycles. The van der Waals surface area contributed by atoms with Crippen LogP contribution < -0.4 is 11.3 Å². The van der Waals surface area contributed by atoms with E-state index in [1.807, 2.05) is 6.07 Å². The number of hydrazine groups is 1. The van der Waals surface area contributed by atoms with E-state index in [0.717, 1.165) is 22.0 Å². The van der Waals surface area contributed by atoms with Gasteiger partial charge in [0.15, 0.2) is 0 Å². The number of hydrogen-bond acceptors (Lipinski definition) is 2. The van der Waals surface area contributed by atoms with Gasteiger partial charge < -0.3 is 0 Å². The van der Waals surface area contributed by atoms with Gasteiger partial charge in [-0.1, -0.05) is 64.4 Å². The number of benzene rings is 1. The Bertz CT molecular complexity index is 398. The van der Waals surface area contributed by atoms with Gasteiger partial charge in [-0.15, -0.1) is 0 Å². The van der Waals surface area contributed by atoms with E-state index in [4.69, 9.17) is 5.84 Å². The molecule has 0 heterocycles. The Hall–Kier alpha value is -0.200. The van der Waals surface area contributed by atoms with Crippen LogP contribution in [0.1, 0.15) is 76.3 Å². The van der Waals surface area contributed by atoms with Crippen LogP contribution in [0.5, 0.6) is 0 Å². The third kappa shape index (κ3) is 7.56. The number of unbranched alkanes of at least 4 members (excludes halogenated alkanes) is 7. The van der Waals surface area contributed by atoms with E-state index >= 15 is 0 Å². The lowest BCUT2D eigenvalue weighted by molar-refractivity contribution is 0.473. The Balaban J connectivity index is 2.25. The summed E-state index contributed by atoms with van der Waals surface area (Å²) < 4.78 is 14.1. The van der Waals surface area contributed by atoms with Crippen LogP contribution in [0.2, 0.25) is 0 Å². The molecule has 0 spiro atoms. The first-order valence-electron chi connectivity index (χ1n) is 8.10. The molecule has 0 aromatic heterocycles. The van der Waals surface area contributed by atoms with E-state index in [9.17, 15) is 4.39 Å². The summed E-state index contributed by atoms with van der Waals surface area (Å²) in [5.41, 5.74) is 3.97. The van der Waals surface area contributed by atoms with Crippen LogP contribution in [0.15, 0.2) is 18.2 Å². The molecule has 0 aliphatic carbocycles. The molecule has 1 rings (SSSR count). The van der Waals surface area contributed by atoms with Gasteiger partial charge in [-0.25, -0.2) is 4.39 Å². The molecule has 0 amide bonds. The van der Waals surface area contributed by atoms with Gasteiger partial charge in [-0.3, -0.25) is 11.3 Å². The van der Waals surface area contributed by atoms with Crippen LogP contribution in [-0.4, -0.2) is 0 Å². The molecule has 4 heteroatoms. The summed E-state index contributed by atoms with van der Waals surface area (Å²) >= 11 is 2.18. The minimum absolute atomic E-state index is 0.123. The van der Waals surface area contributed by atoms with Crippen LogP contribution in [0.3, 0.4) is 0 Å². The monoisotopic (exact) mass is 406 g/mol. The van der Waals surface area contributed by atoms with E-state index in [-0.39, 0.29) is 11.9 Å². The highest BCUT2D eigenvalue weighted by Gasteiger charge is 2.13. The Kier molecular flexibility index (Phi) is 10.2. The van der Waals surface area contributed by atoms with E-state index in [2.05, 4.69) is 34.9 Å². The van der Waals surface area contributed by atoms with Crippen molar-refractivity contribution in [3.8, 4) is 0 Å². The molecule has 1 aromatic carbocycles. The number of rotatable bonds is 11. The van der Waals surface area contributed by atoms with E-state index < -0.39 is 0 Å². The second kappa shape index (κ2) is 11.4. The summed E-state index contributed by atoms with van der Waals surface area (Å²) in [5, 5.41) is 0. The van der Waals surface area contributed by atoms with Gasteiger partial charge in [0.05, 0.1) is 0 Å². The summed E-state index contributed by atoms with van der Waals surface area (Å²) in [6.45, 7) is 2.25. The Morgan fingerprint density at radius 3 is 2.29 bits per heavy atom. The van der Waals surface area contributed by atoms with E-state index in [1.54, 1.807) is 6.07 Å². The zero-order valence-corrected chi connectivity index (χ0v) is 15.2. The summed E-state index contributed by atoms with van der Waals surface area (Å²) in [5.74, 6) is 5.47. The Morgan fingerprint density at radius 2 is 1.71 bits per heavy atom. The fourth-order valence-electron chi connectivity index (χ4n) is 2.60. The molecule has 0 aliphatic heterocycles. The average molecular weight is 406 g/mol. The van der Waals surface area contributed by atoms with E-state index in [0.29, 0.717) is 0 Å². The zero-order valence-electron chi connectivity index (χ0n) is 13.0. The summed E-state index contributed by atoms with van der Waals surface area (Å²) in [4.78, 5) is 0. The van der Waals surface area contributed by atoms with Crippen LogP contribution in [0, 0.1) is 9.39 Å². The highest BCUT2D eigenvalue weighted by molar-refractivity contribution is 14.1. The van der Waals surface area contributed by atoms with E-state index in [1.165, 1.54) is 51.0 Å². The molecular weight excluding hydrogens is 378 g/mol. The number of nitrogens with two attached hydrogens (primary N) is 1. The second-order valence-corrected chi connectivity index (χ2v) is 6.81. The van der Waals surface area contributed by atoms with Gasteiger partial charge in [0, 0.05) is 9.61 Å². The number of halogens is 2. The molecule has 3 N–H and O–H groups in total. The molecule has 1 atom stereocenters. The maximum absolute atomic E-state index is 13.1. The van der Waals surface area contributed by atoms with Crippen molar-refractivity contribution < 1.29 is 4.39 Å².